The van der Waals surface area contributed by atoms with Crippen LogP contribution < -0.4 is 10.7 Å². The van der Waals surface area contributed by atoms with Gasteiger partial charge < -0.3 is 9.73 Å². The van der Waals surface area contributed by atoms with E-state index in [9.17, 15) is 9.59 Å². The highest BCUT2D eigenvalue weighted by Crippen LogP contribution is 2.30. The Kier molecular flexibility index (Phi) is 5.39. The number of hydrogen-bond acceptors (Lipinski definition) is 4. The highest BCUT2D eigenvalue weighted by atomic mass is 16.4. The zero-order chi connectivity index (χ0) is 22.2. The van der Waals surface area contributed by atoms with Crippen molar-refractivity contribution in [1.29, 1.82) is 0 Å². The maximum Gasteiger partial charge on any atom is 0.287 e. The Morgan fingerprint density at radius 2 is 1.74 bits per heavy atom. The third-order valence-corrected chi connectivity index (χ3v) is 5.35. The number of nitrogens with zero attached hydrogens (tertiary/aromatic N) is 1. The summed E-state index contributed by atoms with van der Waals surface area (Å²) in [5, 5.41) is 9.27. The minimum absolute atomic E-state index is 0.237. The largest absolute Gasteiger partial charge is 0.455 e. The van der Waals surface area contributed by atoms with Gasteiger partial charge in [0.2, 0.25) is 0 Å². The van der Waals surface area contributed by atoms with Gasteiger partial charge in [0.15, 0.2) is 5.76 Å². The van der Waals surface area contributed by atoms with E-state index in [4.69, 9.17) is 4.42 Å². The molecular formula is C25H27N3O3. The third kappa shape index (κ3) is 4.24. The number of hydrogen-bond donors (Lipinski definition) is 2. The fraction of sp³-hybridized carbons (Fsp3) is 0.320. The number of amides is 2. The van der Waals surface area contributed by atoms with E-state index in [2.05, 4.69) is 15.8 Å². The lowest BCUT2D eigenvalue weighted by Gasteiger charge is -2.19. The Balaban J connectivity index is 1.62. The van der Waals surface area contributed by atoms with E-state index >= 15 is 0 Å². The minimum Gasteiger partial charge on any atom is -0.455 e. The van der Waals surface area contributed by atoms with E-state index in [1.165, 1.54) is 0 Å². The van der Waals surface area contributed by atoms with Gasteiger partial charge in [-0.2, -0.15) is 5.10 Å². The summed E-state index contributed by atoms with van der Waals surface area (Å²) >= 11 is 0. The molecule has 1 heterocycles. The molecule has 0 atom stereocenters. The zero-order valence-corrected chi connectivity index (χ0v) is 18.3. The van der Waals surface area contributed by atoms with Crippen LogP contribution >= 0.6 is 0 Å². The van der Waals surface area contributed by atoms with Crippen LogP contribution in [0, 0.1) is 6.92 Å². The van der Waals surface area contributed by atoms with E-state index in [-0.39, 0.29) is 17.4 Å². The Hall–Kier alpha value is -3.41. The van der Waals surface area contributed by atoms with Crippen molar-refractivity contribution in [3.8, 4) is 0 Å². The van der Waals surface area contributed by atoms with Gasteiger partial charge in [0.05, 0.1) is 5.71 Å². The SMILES string of the molecule is Cc1c(C(=O)NC(C)(C)C)oc2c1/C(=N/NC(=O)c1cccc3ccccc13)CCC2. The van der Waals surface area contributed by atoms with Gasteiger partial charge in [0, 0.05) is 28.7 Å². The van der Waals surface area contributed by atoms with Crippen LogP contribution in [0.25, 0.3) is 10.8 Å². The summed E-state index contributed by atoms with van der Waals surface area (Å²) in [5.74, 6) is 0.567. The van der Waals surface area contributed by atoms with E-state index in [0.29, 0.717) is 17.7 Å². The lowest BCUT2D eigenvalue weighted by Crippen LogP contribution is -2.40. The molecule has 31 heavy (non-hydrogen) atoms. The van der Waals surface area contributed by atoms with Crippen molar-refractivity contribution in [2.24, 2.45) is 5.10 Å². The second kappa shape index (κ2) is 8.02. The molecular weight excluding hydrogens is 390 g/mol. The van der Waals surface area contributed by atoms with Crippen molar-refractivity contribution in [1.82, 2.24) is 10.7 Å². The van der Waals surface area contributed by atoms with E-state index in [1.54, 1.807) is 6.07 Å². The lowest BCUT2D eigenvalue weighted by molar-refractivity contribution is 0.0887. The van der Waals surface area contributed by atoms with Crippen LogP contribution in [-0.2, 0) is 6.42 Å². The van der Waals surface area contributed by atoms with Gasteiger partial charge in [-0.1, -0.05) is 36.4 Å². The Morgan fingerprint density at radius 3 is 2.52 bits per heavy atom. The topological polar surface area (TPSA) is 83.7 Å². The maximum atomic E-state index is 12.9. The molecule has 6 nitrogen and oxygen atoms in total. The van der Waals surface area contributed by atoms with E-state index in [1.807, 2.05) is 64.1 Å². The summed E-state index contributed by atoms with van der Waals surface area (Å²) < 4.78 is 5.92. The fourth-order valence-corrected chi connectivity index (χ4v) is 4.00. The molecule has 1 aromatic heterocycles. The number of rotatable bonds is 3. The molecule has 0 saturated carbocycles. The predicted molar refractivity (Wildman–Crippen MR) is 122 cm³/mol. The molecule has 6 heteroatoms. The van der Waals surface area contributed by atoms with Gasteiger partial charge in [0.25, 0.3) is 11.8 Å². The molecule has 2 N–H and O–H groups in total. The zero-order valence-electron chi connectivity index (χ0n) is 18.3. The van der Waals surface area contributed by atoms with Crippen LogP contribution in [-0.4, -0.2) is 23.1 Å². The first kappa shape index (κ1) is 20.8. The minimum atomic E-state index is -0.361. The summed E-state index contributed by atoms with van der Waals surface area (Å²) in [6, 6.07) is 13.4. The molecule has 2 amide bonds. The van der Waals surface area contributed by atoms with Gasteiger partial charge in [-0.25, -0.2) is 5.43 Å². The number of hydrazone groups is 1. The van der Waals surface area contributed by atoms with Crippen molar-refractivity contribution in [2.75, 3.05) is 0 Å². The Labute approximate surface area is 181 Å². The number of carbonyl (C=O) groups is 2. The number of fused-ring (bicyclic) bond motifs is 2. The van der Waals surface area contributed by atoms with Gasteiger partial charge in [0.1, 0.15) is 5.76 Å². The number of nitrogens with one attached hydrogen (secondary N) is 2. The van der Waals surface area contributed by atoms with Crippen molar-refractivity contribution in [3.05, 3.63) is 70.7 Å². The second-order valence-electron chi connectivity index (χ2n) is 8.94. The molecule has 0 bridgehead atoms. The summed E-state index contributed by atoms with van der Waals surface area (Å²) in [5.41, 5.74) is 5.27. The van der Waals surface area contributed by atoms with Crippen molar-refractivity contribution in [3.63, 3.8) is 0 Å². The Morgan fingerprint density at radius 1 is 1.00 bits per heavy atom. The van der Waals surface area contributed by atoms with Gasteiger partial charge >= 0.3 is 0 Å². The molecule has 0 spiro atoms. The molecule has 0 radical (unpaired) electrons. The van der Waals surface area contributed by atoms with Crippen molar-refractivity contribution < 1.29 is 14.0 Å². The average Bonchev–Trinajstić information content (AvgIpc) is 3.08. The van der Waals surface area contributed by atoms with Crippen LogP contribution in [0.4, 0.5) is 0 Å². The summed E-state index contributed by atoms with van der Waals surface area (Å²) in [7, 11) is 0. The molecule has 3 aromatic rings. The number of carbonyl (C=O) groups excluding carboxylic acids is 2. The highest BCUT2D eigenvalue weighted by Gasteiger charge is 2.29. The first-order chi connectivity index (χ1) is 14.7. The van der Waals surface area contributed by atoms with Crippen LogP contribution in [0.5, 0.6) is 0 Å². The molecule has 160 valence electrons. The first-order valence-corrected chi connectivity index (χ1v) is 10.5. The molecule has 1 aliphatic carbocycles. The summed E-state index contributed by atoms with van der Waals surface area (Å²) in [6.45, 7) is 7.66. The number of aryl methyl sites for hydroxylation is 1. The van der Waals surface area contributed by atoms with E-state index < -0.39 is 0 Å². The van der Waals surface area contributed by atoms with Crippen LogP contribution in [0.15, 0.2) is 52.0 Å². The molecule has 0 saturated heterocycles. The van der Waals surface area contributed by atoms with Crippen molar-refractivity contribution >= 4 is 28.3 Å². The predicted octanol–water partition coefficient (Wildman–Crippen LogP) is 4.74. The summed E-state index contributed by atoms with van der Waals surface area (Å²) in [4.78, 5) is 25.5. The van der Waals surface area contributed by atoms with Gasteiger partial charge in [-0.05, 0) is 57.4 Å². The maximum absolute atomic E-state index is 12.9. The quantitative estimate of drug-likeness (QED) is 0.604. The molecule has 4 rings (SSSR count). The summed E-state index contributed by atoms with van der Waals surface area (Å²) in [6.07, 6.45) is 2.31. The third-order valence-electron chi connectivity index (χ3n) is 5.35. The molecule has 0 unspecified atom stereocenters. The van der Waals surface area contributed by atoms with Crippen LogP contribution in [0.3, 0.4) is 0 Å². The van der Waals surface area contributed by atoms with Gasteiger partial charge in [-0.15, -0.1) is 0 Å². The average molecular weight is 418 g/mol. The monoisotopic (exact) mass is 417 g/mol. The second-order valence-corrected chi connectivity index (χ2v) is 8.94. The van der Waals surface area contributed by atoms with Crippen LogP contribution in [0.2, 0.25) is 0 Å². The molecule has 2 aromatic carbocycles. The first-order valence-electron chi connectivity index (χ1n) is 10.5. The Bertz CT molecular complexity index is 1190. The van der Waals surface area contributed by atoms with Gasteiger partial charge in [-0.3, -0.25) is 9.59 Å². The number of benzene rings is 2. The highest BCUT2D eigenvalue weighted by molar-refractivity contribution is 6.09. The van der Waals surface area contributed by atoms with Crippen molar-refractivity contribution in [2.45, 2.75) is 52.5 Å². The smallest absolute Gasteiger partial charge is 0.287 e. The van der Waals surface area contributed by atoms with Crippen LogP contribution in [0.1, 0.15) is 71.4 Å². The standard InChI is InChI=1S/C25H27N3O3/c1-15-21-19(13-8-14-20(21)31-22(15)24(30)26-25(2,3)4)27-28-23(29)18-12-7-10-16-9-5-6-11-17(16)18/h5-7,9-12H,8,13-14H2,1-4H3,(H,26,30)(H,28,29)/b27-19+. The molecule has 0 fully saturated rings. The normalized spacial score (nSPS) is 15.0. The number of furan rings is 1. The van der Waals surface area contributed by atoms with E-state index in [0.717, 1.165) is 46.2 Å². The molecule has 0 aliphatic heterocycles. The fourth-order valence-electron chi connectivity index (χ4n) is 4.00. The lowest BCUT2D eigenvalue weighted by atomic mass is 9.93. The molecule has 1 aliphatic rings.